The highest BCUT2D eigenvalue weighted by atomic mass is 32.1. The normalized spacial score (nSPS) is 18.6. The van der Waals surface area contributed by atoms with Crippen LogP contribution in [-0.2, 0) is 17.6 Å². The summed E-state index contributed by atoms with van der Waals surface area (Å²) >= 11 is 1.69. The highest BCUT2D eigenvalue weighted by Gasteiger charge is 2.33. The van der Waals surface area contributed by atoms with Gasteiger partial charge in [0.05, 0.1) is 23.5 Å². The third kappa shape index (κ3) is 2.76. The summed E-state index contributed by atoms with van der Waals surface area (Å²) in [7, 11) is 0. The predicted molar refractivity (Wildman–Crippen MR) is 111 cm³/mol. The van der Waals surface area contributed by atoms with Crippen molar-refractivity contribution in [1.29, 1.82) is 0 Å². The molecule has 1 atom stereocenters. The molecular weight excluding hydrogens is 386 g/mol. The van der Waals surface area contributed by atoms with E-state index in [0.717, 1.165) is 71.5 Å². The fourth-order valence-electron chi connectivity index (χ4n) is 4.25. The molecule has 1 aliphatic heterocycles. The zero-order valence-corrected chi connectivity index (χ0v) is 16.5. The minimum Gasteiger partial charge on any atom is -0.342 e. The predicted octanol–water partition coefficient (Wildman–Crippen LogP) is 3.04. The van der Waals surface area contributed by atoms with E-state index in [4.69, 9.17) is 0 Å². The highest BCUT2D eigenvalue weighted by Crippen LogP contribution is 2.41. The van der Waals surface area contributed by atoms with Crippen LogP contribution in [0.1, 0.15) is 23.3 Å². The number of nitrogens with zero attached hydrogens (tertiary/aromatic N) is 5. The first kappa shape index (κ1) is 16.8. The number of thiophene rings is 1. The number of hydrogen-bond donors (Lipinski definition) is 2. The molecule has 146 valence electrons. The monoisotopic (exact) mass is 405 g/mol. The summed E-state index contributed by atoms with van der Waals surface area (Å²) in [4.78, 5) is 30.3. The van der Waals surface area contributed by atoms with Crippen LogP contribution in [-0.4, -0.2) is 49.0 Å². The number of carbonyl (C=O) groups is 1. The first-order valence-corrected chi connectivity index (χ1v) is 10.7. The number of aromatic nitrogens is 5. The topological polar surface area (TPSA) is 99.7 Å². The zero-order chi connectivity index (χ0) is 19.4. The van der Waals surface area contributed by atoms with Crippen LogP contribution in [0, 0.1) is 5.92 Å². The Bertz CT molecular complexity index is 1240. The first-order valence-electron chi connectivity index (χ1n) is 9.86. The number of carbonyl (C=O) groups excluding carboxylic acids is 1. The molecule has 29 heavy (non-hydrogen) atoms. The Labute approximate surface area is 170 Å². The van der Waals surface area contributed by atoms with Gasteiger partial charge >= 0.3 is 0 Å². The molecule has 1 fully saturated rings. The third-order valence-electron chi connectivity index (χ3n) is 5.92. The molecule has 4 aromatic heterocycles. The van der Waals surface area contributed by atoms with Crippen LogP contribution >= 0.6 is 11.3 Å². The zero-order valence-electron chi connectivity index (χ0n) is 15.7. The van der Waals surface area contributed by atoms with E-state index in [1.807, 2.05) is 11.0 Å². The molecule has 4 aromatic rings. The van der Waals surface area contributed by atoms with E-state index in [-0.39, 0.29) is 5.92 Å². The van der Waals surface area contributed by atoms with Crippen molar-refractivity contribution in [1.82, 2.24) is 30.0 Å². The lowest BCUT2D eigenvalue weighted by Crippen LogP contribution is -2.46. The Kier molecular flexibility index (Phi) is 3.77. The summed E-state index contributed by atoms with van der Waals surface area (Å²) in [5, 5.41) is 12.3. The largest absolute Gasteiger partial charge is 0.342 e. The second-order valence-corrected chi connectivity index (χ2v) is 8.77. The molecule has 1 aliphatic carbocycles. The van der Waals surface area contributed by atoms with Crippen LogP contribution in [0.3, 0.4) is 0 Å². The molecule has 0 spiro atoms. The van der Waals surface area contributed by atoms with Gasteiger partial charge in [0.15, 0.2) is 5.65 Å². The molecule has 2 N–H and O–H groups in total. The van der Waals surface area contributed by atoms with Gasteiger partial charge in [-0.15, -0.1) is 11.3 Å². The van der Waals surface area contributed by atoms with Gasteiger partial charge < -0.3 is 10.2 Å². The number of H-pyrrole nitrogens is 1. The Morgan fingerprint density at radius 3 is 3.03 bits per heavy atom. The van der Waals surface area contributed by atoms with Crippen molar-refractivity contribution in [2.24, 2.45) is 5.92 Å². The number of hydrogen-bond acceptors (Lipinski definition) is 7. The average Bonchev–Trinajstić information content (AvgIpc) is 3.30. The number of aromatic amines is 1. The number of amides is 1. The Morgan fingerprint density at radius 1 is 1.24 bits per heavy atom. The van der Waals surface area contributed by atoms with Crippen molar-refractivity contribution in [2.75, 3.05) is 18.4 Å². The molecule has 1 amide bonds. The quantitative estimate of drug-likeness (QED) is 0.543. The van der Waals surface area contributed by atoms with Crippen molar-refractivity contribution < 1.29 is 4.79 Å². The Balaban J connectivity index is 1.34. The van der Waals surface area contributed by atoms with Gasteiger partial charge in [0, 0.05) is 29.3 Å². The standard InChI is InChI=1S/C20H19N7OS/c28-20(27-4-1-5-27)11-2-3-14-15(7-11)29-19-16(14)18(22-10-23-19)25-13-6-12-8-24-26-17(12)21-9-13/h6,8-11H,1-5,7H2,(H,21,24,26)(H,22,23,25)/t11-/m0/s1. The first-order chi connectivity index (χ1) is 14.3. The van der Waals surface area contributed by atoms with Gasteiger partial charge in [-0.05, 0) is 37.3 Å². The number of pyridine rings is 1. The van der Waals surface area contributed by atoms with Crippen LogP contribution in [0.4, 0.5) is 11.5 Å². The van der Waals surface area contributed by atoms with E-state index in [9.17, 15) is 4.79 Å². The molecule has 6 rings (SSSR count). The van der Waals surface area contributed by atoms with E-state index in [1.54, 1.807) is 30.1 Å². The number of nitrogens with one attached hydrogen (secondary N) is 2. The molecule has 2 aliphatic rings. The summed E-state index contributed by atoms with van der Waals surface area (Å²) in [6, 6.07) is 2.00. The van der Waals surface area contributed by atoms with Gasteiger partial charge in [0.25, 0.3) is 0 Å². The van der Waals surface area contributed by atoms with E-state index < -0.39 is 0 Å². The Hall–Kier alpha value is -3.07. The smallest absolute Gasteiger partial charge is 0.226 e. The van der Waals surface area contributed by atoms with Gasteiger partial charge in [-0.3, -0.25) is 9.89 Å². The number of anilines is 2. The van der Waals surface area contributed by atoms with E-state index >= 15 is 0 Å². The second kappa shape index (κ2) is 6.48. The van der Waals surface area contributed by atoms with Crippen molar-refractivity contribution in [3.05, 3.63) is 35.2 Å². The third-order valence-corrected chi connectivity index (χ3v) is 7.08. The number of rotatable bonds is 3. The van der Waals surface area contributed by atoms with Crippen LogP contribution in [0.15, 0.2) is 24.8 Å². The number of aryl methyl sites for hydroxylation is 1. The van der Waals surface area contributed by atoms with Gasteiger partial charge in [0.1, 0.15) is 17.0 Å². The van der Waals surface area contributed by atoms with Gasteiger partial charge in [0.2, 0.25) is 5.91 Å². The summed E-state index contributed by atoms with van der Waals surface area (Å²) in [5.41, 5.74) is 2.91. The van der Waals surface area contributed by atoms with Crippen molar-refractivity contribution >= 4 is 50.0 Å². The number of likely N-dealkylation sites (tertiary alicyclic amines) is 1. The maximum Gasteiger partial charge on any atom is 0.226 e. The Morgan fingerprint density at radius 2 is 2.17 bits per heavy atom. The lowest BCUT2D eigenvalue weighted by Gasteiger charge is -2.35. The summed E-state index contributed by atoms with van der Waals surface area (Å²) in [6.45, 7) is 1.84. The SMILES string of the molecule is O=C([C@H]1CCc2c(sc3ncnc(Nc4cnc5[nH]ncc5c4)c23)C1)N1CCC1. The summed E-state index contributed by atoms with van der Waals surface area (Å²) in [5.74, 6) is 1.22. The molecule has 5 heterocycles. The van der Waals surface area contributed by atoms with E-state index in [1.165, 1.54) is 10.4 Å². The molecule has 0 aromatic carbocycles. The minimum absolute atomic E-state index is 0.105. The maximum absolute atomic E-state index is 12.7. The van der Waals surface area contributed by atoms with Crippen LogP contribution in [0.25, 0.3) is 21.3 Å². The van der Waals surface area contributed by atoms with Gasteiger partial charge in [-0.2, -0.15) is 5.10 Å². The minimum atomic E-state index is 0.105. The number of fused-ring (bicyclic) bond motifs is 4. The van der Waals surface area contributed by atoms with Gasteiger partial charge in [-0.1, -0.05) is 0 Å². The van der Waals surface area contributed by atoms with E-state index in [2.05, 4.69) is 30.5 Å². The molecule has 0 unspecified atom stereocenters. The molecule has 0 radical (unpaired) electrons. The molecule has 9 heteroatoms. The molecule has 8 nitrogen and oxygen atoms in total. The highest BCUT2D eigenvalue weighted by molar-refractivity contribution is 7.19. The molecule has 1 saturated heterocycles. The lowest BCUT2D eigenvalue weighted by molar-refractivity contribution is -0.139. The maximum atomic E-state index is 12.7. The van der Waals surface area contributed by atoms with Crippen molar-refractivity contribution in [2.45, 2.75) is 25.7 Å². The fourth-order valence-corrected chi connectivity index (χ4v) is 5.52. The molecule has 0 saturated carbocycles. The molecule has 0 bridgehead atoms. The average molecular weight is 405 g/mol. The van der Waals surface area contributed by atoms with Crippen molar-refractivity contribution in [3.8, 4) is 0 Å². The van der Waals surface area contributed by atoms with Gasteiger partial charge in [-0.25, -0.2) is 15.0 Å². The van der Waals surface area contributed by atoms with Crippen molar-refractivity contribution in [3.63, 3.8) is 0 Å². The van der Waals surface area contributed by atoms with E-state index in [0.29, 0.717) is 5.91 Å². The summed E-state index contributed by atoms with van der Waals surface area (Å²) < 4.78 is 0. The molecular formula is C20H19N7OS. The lowest BCUT2D eigenvalue weighted by atomic mass is 9.86. The van der Waals surface area contributed by atoms with Crippen LogP contribution in [0.2, 0.25) is 0 Å². The van der Waals surface area contributed by atoms with Crippen LogP contribution < -0.4 is 5.32 Å². The van der Waals surface area contributed by atoms with Crippen LogP contribution in [0.5, 0.6) is 0 Å². The fraction of sp³-hybridized carbons (Fsp3) is 0.350. The summed E-state index contributed by atoms with van der Waals surface area (Å²) in [6.07, 6.45) is 8.86. The second-order valence-electron chi connectivity index (χ2n) is 7.68.